The van der Waals surface area contributed by atoms with E-state index in [4.69, 9.17) is 4.98 Å². The van der Waals surface area contributed by atoms with Crippen molar-refractivity contribution >= 4 is 34.2 Å². The Morgan fingerprint density at radius 2 is 1.84 bits per heavy atom. The average Bonchev–Trinajstić information content (AvgIpc) is 3.06. The summed E-state index contributed by atoms with van der Waals surface area (Å²) in [4.78, 5) is 9.33. The Morgan fingerprint density at radius 3 is 2.62 bits per heavy atom. The van der Waals surface area contributed by atoms with Crippen LogP contribution in [0, 0.1) is 13.8 Å². The fourth-order valence-corrected chi connectivity index (χ4v) is 4.51. The van der Waals surface area contributed by atoms with Crippen LogP contribution in [0.5, 0.6) is 0 Å². The topological polar surface area (TPSA) is 79.7 Å². The van der Waals surface area contributed by atoms with E-state index >= 15 is 0 Å². The van der Waals surface area contributed by atoms with E-state index in [9.17, 15) is 0 Å². The fourth-order valence-electron chi connectivity index (χ4n) is 4.51. The van der Waals surface area contributed by atoms with E-state index < -0.39 is 0 Å². The predicted octanol–water partition coefficient (Wildman–Crippen LogP) is 4.85. The first-order valence-corrected chi connectivity index (χ1v) is 11.0. The molecule has 0 saturated heterocycles. The van der Waals surface area contributed by atoms with Crippen molar-refractivity contribution in [2.45, 2.75) is 39.7 Å². The fraction of sp³-hybridized carbons (Fsp3) is 0.320. The summed E-state index contributed by atoms with van der Waals surface area (Å²) in [7, 11) is 1.90. The van der Waals surface area contributed by atoms with Crippen LogP contribution in [0.4, 0.5) is 23.1 Å². The molecule has 1 aliphatic rings. The number of rotatable bonds is 4. The zero-order chi connectivity index (χ0) is 22.5. The third-order valence-electron chi connectivity index (χ3n) is 6.31. The van der Waals surface area contributed by atoms with E-state index in [1.54, 1.807) is 4.68 Å². The second-order valence-corrected chi connectivity index (χ2v) is 9.09. The lowest BCUT2D eigenvalue weighted by Gasteiger charge is -2.34. The Bertz CT molecular complexity index is 1300. The number of nitrogens with zero attached hydrogens (tertiary/aromatic N) is 4. The highest BCUT2D eigenvalue weighted by molar-refractivity contribution is 5.90. The van der Waals surface area contributed by atoms with E-state index in [2.05, 4.69) is 90.1 Å². The van der Waals surface area contributed by atoms with Crippen LogP contribution in [0.1, 0.15) is 36.1 Å². The summed E-state index contributed by atoms with van der Waals surface area (Å²) in [5.41, 5.74) is 7.83. The highest BCUT2D eigenvalue weighted by atomic mass is 15.3. The quantitative estimate of drug-likeness (QED) is 0.432. The van der Waals surface area contributed by atoms with Crippen LogP contribution < -0.4 is 16.0 Å². The highest BCUT2D eigenvalue weighted by Crippen LogP contribution is 2.32. The van der Waals surface area contributed by atoms with Crippen molar-refractivity contribution in [2.75, 3.05) is 17.2 Å². The molecule has 3 N–H and O–H groups in total. The normalized spacial score (nSPS) is 14.9. The molecule has 5 rings (SSSR count). The van der Waals surface area contributed by atoms with Gasteiger partial charge in [-0.2, -0.15) is 10.1 Å². The number of hydrogen-bond donors (Lipinski definition) is 3. The second-order valence-electron chi connectivity index (χ2n) is 9.09. The van der Waals surface area contributed by atoms with Crippen LogP contribution in [0.2, 0.25) is 0 Å². The van der Waals surface area contributed by atoms with Crippen molar-refractivity contribution in [1.29, 1.82) is 0 Å². The van der Waals surface area contributed by atoms with Gasteiger partial charge in [0.05, 0.1) is 5.39 Å². The Balaban J connectivity index is 1.46. The maximum absolute atomic E-state index is 4.75. The van der Waals surface area contributed by atoms with Crippen molar-refractivity contribution in [3.05, 3.63) is 64.8 Å². The van der Waals surface area contributed by atoms with Gasteiger partial charge in [-0.3, -0.25) is 0 Å². The molecule has 7 nitrogen and oxygen atoms in total. The Kier molecular flexibility index (Phi) is 4.86. The van der Waals surface area contributed by atoms with Gasteiger partial charge in [0.25, 0.3) is 0 Å². The summed E-state index contributed by atoms with van der Waals surface area (Å²) in [5, 5.41) is 16.0. The molecule has 2 aromatic carbocycles. The number of para-hydroxylation sites is 1. The first-order valence-electron chi connectivity index (χ1n) is 11.0. The standard InChI is InChI=1S/C25H29N7/c1-15-7-6-8-16(2)21(15)29-22-19-14-26-24(30-23(19)32(5)31-22)28-18-10-9-17-11-12-27-25(3,4)20(17)13-18/h6-10,13-14,27H,11-12H2,1-5H3,(H,29,31)(H,26,28,30). The zero-order valence-corrected chi connectivity index (χ0v) is 19.2. The minimum absolute atomic E-state index is 0.0492. The third-order valence-corrected chi connectivity index (χ3v) is 6.31. The van der Waals surface area contributed by atoms with Gasteiger partial charge < -0.3 is 16.0 Å². The molecule has 0 aliphatic carbocycles. The summed E-state index contributed by atoms with van der Waals surface area (Å²) in [6.07, 6.45) is 2.88. The Morgan fingerprint density at radius 1 is 1.06 bits per heavy atom. The number of anilines is 4. The molecule has 0 spiro atoms. The largest absolute Gasteiger partial charge is 0.338 e. The summed E-state index contributed by atoms with van der Waals surface area (Å²) in [6, 6.07) is 12.8. The summed E-state index contributed by atoms with van der Waals surface area (Å²) < 4.78 is 1.79. The molecule has 0 atom stereocenters. The van der Waals surface area contributed by atoms with E-state index in [-0.39, 0.29) is 5.54 Å². The predicted molar refractivity (Wildman–Crippen MR) is 130 cm³/mol. The van der Waals surface area contributed by atoms with Gasteiger partial charge in [-0.15, -0.1) is 0 Å². The van der Waals surface area contributed by atoms with Crippen LogP contribution in [0.25, 0.3) is 11.0 Å². The lowest BCUT2D eigenvalue weighted by molar-refractivity contribution is 0.382. The van der Waals surface area contributed by atoms with Crippen LogP contribution in [-0.2, 0) is 19.0 Å². The molecule has 0 unspecified atom stereocenters. The Labute approximate surface area is 188 Å². The molecule has 0 amide bonds. The van der Waals surface area contributed by atoms with Crippen LogP contribution in [0.3, 0.4) is 0 Å². The molecular weight excluding hydrogens is 398 g/mol. The molecule has 2 aromatic heterocycles. The number of nitrogens with one attached hydrogen (secondary N) is 3. The summed E-state index contributed by atoms with van der Waals surface area (Å²) >= 11 is 0. The number of aryl methyl sites for hydroxylation is 3. The molecule has 1 aliphatic heterocycles. The van der Waals surface area contributed by atoms with Crippen molar-refractivity contribution in [2.24, 2.45) is 7.05 Å². The molecule has 32 heavy (non-hydrogen) atoms. The summed E-state index contributed by atoms with van der Waals surface area (Å²) in [6.45, 7) is 9.63. The van der Waals surface area contributed by atoms with Crippen molar-refractivity contribution < 1.29 is 0 Å². The molecular formula is C25H29N7. The molecule has 0 radical (unpaired) electrons. The van der Waals surface area contributed by atoms with Crippen molar-refractivity contribution in [1.82, 2.24) is 25.1 Å². The molecule has 0 saturated carbocycles. The highest BCUT2D eigenvalue weighted by Gasteiger charge is 2.26. The lowest BCUT2D eigenvalue weighted by atomic mass is 9.85. The lowest BCUT2D eigenvalue weighted by Crippen LogP contribution is -2.42. The Hall–Kier alpha value is -3.45. The second kappa shape index (κ2) is 7.60. The van der Waals surface area contributed by atoms with Gasteiger partial charge in [-0.1, -0.05) is 24.3 Å². The smallest absolute Gasteiger partial charge is 0.229 e. The van der Waals surface area contributed by atoms with Crippen LogP contribution in [-0.4, -0.2) is 26.3 Å². The van der Waals surface area contributed by atoms with Crippen LogP contribution in [0.15, 0.2) is 42.6 Å². The van der Waals surface area contributed by atoms with Gasteiger partial charge in [-0.05, 0) is 75.0 Å². The maximum atomic E-state index is 4.75. The van der Waals surface area contributed by atoms with E-state index in [1.165, 1.54) is 22.3 Å². The monoisotopic (exact) mass is 427 g/mol. The zero-order valence-electron chi connectivity index (χ0n) is 19.2. The van der Waals surface area contributed by atoms with Crippen LogP contribution >= 0.6 is 0 Å². The third kappa shape index (κ3) is 3.58. The number of fused-ring (bicyclic) bond motifs is 2. The molecule has 4 aromatic rings. The maximum Gasteiger partial charge on any atom is 0.229 e. The molecule has 0 fully saturated rings. The van der Waals surface area contributed by atoms with E-state index in [1.807, 2.05) is 13.2 Å². The molecule has 7 heteroatoms. The first-order chi connectivity index (χ1) is 15.3. The molecule has 3 heterocycles. The molecule has 164 valence electrons. The van der Waals surface area contributed by atoms with Gasteiger partial charge in [0, 0.05) is 30.2 Å². The van der Waals surface area contributed by atoms with Gasteiger partial charge in [0.15, 0.2) is 11.5 Å². The van der Waals surface area contributed by atoms with Gasteiger partial charge >= 0.3 is 0 Å². The number of hydrogen-bond acceptors (Lipinski definition) is 6. The van der Waals surface area contributed by atoms with Gasteiger partial charge in [0.2, 0.25) is 5.95 Å². The van der Waals surface area contributed by atoms with E-state index in [0.29, 0.717) is 5.95 Å². The minimum atomic E-state index is -0.0492. The molecule has 0 bridgehead atoms. The first kappa shape index (κ1) is 20.5. The van der Waals surface area contributed by atoms with Gasteiger partial charge in [-0.25, -0.2) is 9.67 Å². The minimum Gasteiger partial charge on any atom is -0.338 e. The van der Waals surface area contributed by atoms with Crippen molar-refractivity contribution in [3.63, 3.8) is 0 Å². The van der Waals surface area contributed by atoms with Crippen molar-refractivity contribution in [3.8, 4) is 0 Å². The average molecular weight is 428 g/mol. The summed E-state index contributed by atoms with van der Waals surface area (Å²) in [5.74, 6) is 1.31. The van der Waals surface area contributed by atoms with E-state index in [0.717, 1.165) is 41.2 Å². The number of benzene rings is 2. The van der Waals surface area contributed by atoms with Gasteiger partial charge in [0.1, 0.15) is 0 Å². The SMILES string of the molecule is Cc1cccc(C)c1Nc1nn(C)c2nc(Nc3ccc4c(c3)C(C)(C)NCC4)ncc12. The number of aromatic nitrogens is 4.